The van der Waals surface area contributed by atoms with E-state index in [1.54, 1.807) is 18.7 Å². The van der Waals surface area contributed by atoms with Gasteiger partial charge in [0.25, 0.3) is 0 Å². The highest BCUT2D eigenvalue weighted by atomic mass is 16.5. The summed E-state index contributed by atoms with van der Waals surface area (Å²) in [6.07, 6.45) is 4.64. The summed E-state index contributed by atoms with van der Waals surface area (Å²) in [7, 11) is 0. The van der Waals surface area contributed by atoms with Crippen LogP contribution < -0.4 is 4.90 Å². The van der Waals surface area contributed by atoms with Gasteiger partial charge >= 0.3 is 0 Å². The molecule has 1 saturated heterocycles. The number of aliphatic hydroxyl groups is 1. The maximum Gasteiger partial charge on any atom is 0.225 e. The molecule has 1 aliphatic heterocycles. The molecule has 7 nitrogen and oxygen atoms in total. The van der Waals surface area contributed by atoms with Crippen LogP contribution in [0.3, 0.4) is 0 Å². The number of furan rings is 1. The van der Waals surface area contributed by atoms with Gasteiger partial charge in [0.05, 0.1) is 19.0 Å². The molecule has 0 aromatic carbocycles. The number of piperazine rings is 1. The van der Waals surface area contributed by atoms with Crippen molar-refractivity contribution in [2.75, 3.05) is 44.2 Å². The van der Waals surface area contributed by atoms with E-state index in [0.717, 1.165) is 37.9 Å². The molecule has 124 valence electrons. The average Bonchev–Trinajstić information content (AvgIpc) is 3.10. The van der Waals surface area contributed by atoms with Gasteiger partial charge in [-0.1, -0.05) is 0 Å². The smallest absolute Gasteiger partial charge is 0.225 e. The summed E-state index contributed by atoms with van der Waals surface area (Å²) >= 11 is 0. The molecule has 1 aliphatic rings. The first kappa shape index (κ1) is 15.9. The minimum absolute atomic E-state index is 0.308. The quantitative estimate of drug-likeness (QED) is 0.808. The molecule has 0 radical (unpaired) electrons. The number of nitrogens with zero attached hydrogens (tertiary/aromatic N) is 4. The molecule has 0 spiro atoms. The Morgan fingerprint density at radius 2 is 1.96 bits per heavy atom. The van der Waals surface area contributed by atoms with Gasteiger partial charge in [0.1, 0.15) is 12.4 Å². The van der Waals surface area contributed by atoms with Gasteiger partial charge in [-0.05, 0) is 18.2 Å². The van der Waals surface area contributed by atoms with Crippen LogP contribution in [0, 0.1) is 0 Å². The summed E-state index contributed by atoms with van der Waals surface area (Å²) in [5, 5.41) is 10.1. The zero-order valence-electron chi connectivity index (χ0n) is 13.0. The fourth-order valence-electron chi connectivity index (χ4n) is 2.63. The second-order valence-corrected chi connectivity index (χ2v) is 5.58. The number of hydrogen-bond donors (Lipinski definition) is 1. The standard InChI is InChI=1S/C16H22N4O3/c21-14(12-22-13-15-3-1-10-23-15)11-19-6-8-20(9-7-19)16-17-4-2-5-18-16/h1-5,10,14,21H,6-9,11-13H2. The summed E-state index contributed by atoms with van der Waals surface area (Å²) in [6, 6.07) is 5.50. The normalized spacial score (nSPS) is 17.3. The molecule has 3 heterocycles. The van der Waals surface area contributed by atoms with Crippen LogP contribution in [0.25, 0.3) is 0 Å². The summed E-state index contributed by atoms with van der Waals surface area (Å²) in [4.78, 5) is 12.9. The third-order valence-electron chi connectivity index (χ3n) is 3.81. The highest BCUT2D eigenvalue weighted by Gasteiger charge is 2.20. The van der Waals surface area contributed by atoms with Gasteiger partial charge in [-0.2, -0.15) is 0 Å². The van der Waals surface area contributed by atoms with Gasteiger partial charge in [0.15, 0.2) is 0 Å². The Morgan fingerprint density at radius 1 is 1.17 bits per heavy atom. The second-order valence-electron chi connectivity index (χ2n) is 5.58. The maximum absolute atomic E-state index is 10.1. The van der Waals surface area contributed by atoms with Crippen LogP contribution in [0.1, 0.15) is 5.76 Å². The summed E-state index contributed by atoms with van der Waals surface area (Å²) in [5.74, 6) is 1.54. The SMILES string of the molecule is OC(COCc1ccco1)CN1CCN(c2ncccn2)CC1. The molecule has 1 atom stereocenters. The van der Waals surface area contributed by atoms with Crippen molar-refractivity contribution in [2.45, 2.75) is 12.7 Å². The molecular weight excluding hydrogens is 296 g/mol. The molecule has 7 heteroatoms. The van der Waals surface area contributed by atoms with Gasteiger partial charge < -0.3 is 19.2 Å². The predicted octanol–water partition coefficient (Wildman–Crippen LogP) is 0.769. The van der Waals surface area contributed by atoms with Gasteiger partial charge in [-0.25, -0.2) is 9.97 Å². The number of hydrogen-bond acceptors (Lipinski definition) is 7. The molecule has 2 aromatic heterocycles. The monoisotopic (exact) mass is 318 g/mol. The Morgan fingerprint density at radius 3 is 2.65 bits per heavy atom. The minimum Gasteiger partial charge on any atom is -0.467 e. The van der Waals surface area contributed by atoms with Crippen LogP contribution in [0.4, 0.5) is 5.95 Å². The van der Waals surface area contributed by atoms with Crippen molar-refractivity contribution in [3.8, 4) is 0 Å². The minimum atomic E-state index is -0.496. The molecule has 1 fully saturated rings. The summed E-state index contributed by atoms with van der Waals surface area (Å²) in [5.41, 5.74) is 0. The van der Waals surface area contributed by atoms with E-state index in [-0.39, 0.29) is 0 Å². The fraction of sp³-hybridized carbons (Fsp3) is 0.500. The van der Waals surface area contributed by atoms with Crippen LogP contribution in [-0.2, 0) is 11.3 Å². The van der Waals surface area contributed by atoms with Crippen molar-refractivity contribution >= 4 is 5.95 Å². The molecule has 3 rings (SSSR count). The zero-order valence-corrected chi connectivity index (χ0v) is 13.0. The lowest BCUT2D eigenvalue weighted by molar-refractivity contribution is 0.00438. The summed E-state index contributed by atoms with van der Waals surface area (Å²) in [6.45, 7) is 4.81. The molecule has 1 N–H and O–H groups in total. The van der Waals surface area contributed by atoms with Crippen molar-refractivity contribution in [1.29, 1.82) is 0 Å². The van der Waals surface area contributed by atoms with Crippen LogP contribution in [0.15, 0.2) is 41.3 Å². The second kappa shape index (κ2) is 8.05. The van der Waals surface area contributed by atoms with Crippen molar-refractivity contribution < 1.29 is 14.3 Å². The topological polar surface area (TPSA) is 74.9 Å². The average molecular weight is 318 g/mol. The van der Waals surface area contributed by atoms with E-state index in [1.807, 2.05) is 18.2 Å². The number of rotatable bonds is 7. The highest BCUT2D eigenvalue weighted by Crippen LogP contribution is 2.10. The fourth-order valence-corrected chi connectivity index (χ4v) is 2.63. The first-order valence-electron chi connectivity index (χ1n) is 7.84. The molecule has 0 bridgehead atoms. The van der Waals surface area contributed by atoms with Crippen molar-refractivity contribution in [3.63, 3.8) is 0 Å². The molecule has 0 aliphatic carbocycles. The van der Waals surface area contributed by atoms with Crippen molar-refractivity contribution in [3.05, 3.63) is 42.6 Å². The molecule has 1 unspecified atom stereocenters. The molecule has 2 aromatic rings. The maximum atomic E-state index is 10.1. The lowest BCUT2D eigenvalue weighted by atomic mass is 10.2. The number of aliphatic hydroxyl groups excluding tert-OH is 1. The van der Waals surface area contributed by atoms with Crippen LogP contribution >= 0.6 is 0 Å². The Hall–Kier alpha value is -1.96. The Balaban J connectivity index is 1.35. The van der Waals surface area contributed by atoms with Crippen LogP contribution in [-0.4, -0.2) is 65.4 Å². The van der Waals surface area contributed by atoms with E-state index in [1.165, 1.54) is 0 Å². The number of β-amino-alcohol motifs (C(OH)–C–C–N with tert-alkyl or cyclic N) is 1. The molecule has 0 saturated carbocycles. The van der Waals surface area contributed by atoms with E-state index in [2.05, 4.69) is 19.8 Å². The van der Waals surface area contributed by atoms with E-state index in [0.29, 0.717) is 19.8 Å². The van der Waals surface area contributed by atoms with Crippen LogP contribution in [0.5, 0.6) is 0 Å². The van der Waals surface area contributed by atoms with Gasteiger partial charge in [0.2, 0.25) is 5.95 Å². The largest absolute Gasteiger partial charge is 0.467 e. The zero-order chi connectivity index (χ0) is 15.9. The first-order valence-corrected chi connectivity index (χ1v) is 7.84. The highest BCUT2D eigenvalue weighted by molar-refractivity contribution is 5.29. The summed E-state index contributed by atoms with van der Waals surface area (Å²) < 4.78 is 10.7. The number of aromatic nitrogens is 2. The van der Waals surface area contributed by atoms with E-state index < -0.39 is 6.10 Å². The third kappa shape index (κ3) is 4.75. The molecule has 0 amide bonds. The van der Waals surface area contributed by atoms with Gasteiger partial charge in [-0.3, -0.25) is 4.90 Å². The third-order valence-corrected chi connectivity index (χ3v) is 3.81. The number of anilines is 1. The van der Waals surface area contributed by atoms with Gasteiger partial charge in [-0.15, -0.1) is 0 Å². The van der Waals surface area contributed by atoms with Crippen LogP contribution in [0.2, 0.25) is 0 Å². The molecule has 23 heavy (non-hydrogen) atoms. The van der Waals surface area contributed by atoms with E-state index in [4.69, 9.17) is 9.15 Å². The van der Waals surface area contributed by atoms with Crippen molar-refractivity contribution in [2.24, 2.45) is 0 Å². The Bertz CT molecular complexity index is 556. The van der Waals surface area contributed by atoms with E-state index in [9.17, 15) is 5.11 Å². The molecular formula is C16H22N4O3. The lowest BCUT2D eigenvalue weighted by Crippen LogP contribution is -2.49. The first-order chi connectivity index (χ1) is 11.3. The predicted molar refractivity (Wildman–Crippen MR) is 85.1 cm³/mol. The van der Waals surface area contributed by atoms with Crippen molar-refractivity contribution in [1.82, 2.24) is 14.9 Å². The number of ether oxygens (including phenoxy) is 1. The Kier molecular flexibility index (Phi) is 5.57. The Labute approximate surface area is 135 Å². The van der Waals surface area contributed by atoms with Gasteiger partial charge in [0, 0.05) is 45.1 Å². The van der Waals surface area contributed by atoms with E-state index >= 15 is 0 Å². The lowest BCUT2D eigenvalue weighted by Gasteiger charge is -2.35.